The van der Waals surface area contributed by atoms with Crippen LogP contribution in [-0.4, -0.2) is 28.4 Å². The average molecular weight is 513 g/mol. The van der Waals surface area contributed by atoms with Crippen molar-refractivity contribution in [3.8, 4) is 11.5 Å². The number of hydrogen-bond acceptors (Lipinski definition) is 6. The number of phenolic OH excluding ortho intramolecular Hbond substituents is 1. The third-order valence-corrected chi connectivity index (χ3v) is 5.85. The zero-order chi connectivity index (χ0) is 26.7. The number of phenols is 1. The third kappa shape index (κ3) is 7.11. The first-order chi connectivity index (χ1) is 18.5. The van der Waals surface area contributed by atoms with Crippen LogP contribution in [0.15, 0.2) is 109 Å². The van der Waals surface area contributed by atoms with Crippen LogP contribution in [-0.2, 0) is 9.53 Å². The number of nitrogens with one attached hydrogen (secondary N) is 2. The molecule has 4 aromatic carbocycles. The van der Waals surface area contributed by atoms with E-state index in [0.29, 0.717) is 29.8 Å². The molecule has 2 atom stereocenters. The maximum atomic E-state index is 13.2. The van der Waals surface area contributed by atoms with Crippen molar-refractivity contribution in [3.05, 3.63) is 115 Å². The number of aromatic hydroxyl groups is 1. The molecule has 0 aliphatic carbocycles. The number of para-hydroxylation sites is 1. The number of benzene rings is 4. The number of rotatable bonds is 10. The lowest BCUT2D eigenvalue weighted by molar-refractivity contribution is -0.124. The van der Waals surface area contributed by atoms with Gasteiger partial charge in [-0.1, -0.05) is 72.8 Å². The summed E-state index contributed by atoms with van der Waals surface area (Å²) in [5.74, 6) is 0.00827. The van der Waals surface area contributed by atoms with Crippen LogP contribution in [0.1, 0.15) is 24.5 Å². The van der Waals surface area contributed by atoms with Gasteiger partial charge in [0.1, 0.15) is 17.6 Å². The van der Waals surface area contributed by atoms with E-state index in [1.165, 1.54) is 18.2 Å². The molecule has 8 heteroatoms. The molecule has 0 radical (unpaired) electrons. The Morgan fingerprint density at radius 3 is 2.34 bits per heavy atom. The van der Waals surface area contributed by atoms with Gasteiger partial charge in [-0.25, -0.2) is 10.3 Å². The molecule has 4 aromatic rings. The molecule has 194 valence electrons. The Kier molecular flexibility index (Phi) is 8.93. The number of hydrogen-bond donors (Lipinski definition) is 4. The van der Waals surface area contributed by atoms with Crippen molar-refractivity contribution in [2.45, 2.75) is 25.0 Å². The second-order valence-corrected chi connectivity index (χ2v) is 8.49. The Hall–Kier alpha value is -4.82. The molecule has 8 nitrogen and oxygen atoms in total. The topological polar surface area (TPSA) is 117 Å². The minimum absolute atomic E-state index is 0.0752. The van der Waals surface area contributed by atoms with E-state index < -0.39 is 24.2 Å². The molecular weight excluding hydrogens is 484 g/mol. The van der Waals surface area contributed by atoms with E-state index in [0.717, 1.165) is 10.8 Å². The minimum atomic E-state index is -0.856. The Labute approximate surface area is 220 Å². The fourth-order valence-corrected chi connectivity index (χ4v) is 4.05. The van der Waals surface area contributed by atoms with E-state index in [4.69, 9.17) is 14.7 Å². The lowest BCUT2D eigenvalue weighted by Crippen LogP contribution is -2.31. The second-order valence-electron chi connectivity index (χ2n) is 8.49. The van der Waals surface area contributed by atoms with Crippen LogP contribution in [0.25, 0.3) is 10.8 Å². The quantitative estimate of drug-likeness (QED) is 0.115. The molecule has 0 unspecified atom stereocenters. The van der Waals surface area contributed by atoms with E-state index >= 15 is 0 Å². The van der Waals surface area contributed by atoms with Crippen LogP contribution in [0.5, 0.6) is 11.5 Å². The number of anilines is 1. The smallest absolute Gasteiger partial charge is 0.412 e. The summed E-state index contributed by atoms with van der Waals surface area (Å²) >= 11 is 0. The van der Waals surface area contributed by atoms with Gasteiger partial charge in [-0.2, -0.15) is 0 Å². The van der Waals surface area contributed by atoms with Gasteiger partial charge in [0.25, 0.3) is 5.91 Å². The SMILES string of the molecule is O=C(/C=C/CC[C@@H](Oc1ccccc1)[C@H](OC(=O)Nc1cccc2ccccc12)c1ccc(O)cc1)NO. The van der Waals surface area contributed by atoms with E-state index in [9.17, 15) is 14.7 Å². The second kappa shape index (κ2) is 12.9. The summed E-state index contributed by atoms with van der Waals surface area (Å²) in [5.41, 5.74) is 2.78. The molecule has 0 aromatic heterocycles. The molecule has 4 rings (SSSR count). The number of ether oxygens (including phenoxy) is 2. The summed E-state index contributed by atoms with van der Waals surface area (Å²) in [6.07, 6.45) is 1.40. The van der Waals surface area contributed by atoms with Gasteiger partial charge < -0.3 is 14.6 Å². The summed E-state index contributed by atoms with van der Waals surface area (Å²) < 4.78 is 12.2. The highest BCUT2D eigenvalue weighted by atomic mass is 16.6. The summed E-state index contributed by atoms with van der Waals surface area (Å²) in [4.78, 5) is 24.6. The molecule has 0 aliphatic heterocycles. The number of hydroxylamine groups is 1. The maximum Gasteiger partial charge on any atom is 0.412 e. The average Bonchev–Trinajstić information content (AvgIpc) is 2.94. The van der Waals surface area contributed by atoms with E-state index in [1.807, 2.05) is 54.6 Å². The summed E-state index contributed by atoms with van der Waals surface area (Å²) in [5, 5.41) is 23.2. The van der Waals surface area contributed by atoms with Crippen molar-refractivity contribution < 1.29 is 29.4 Å². The van der Waals surface area contributed by atoms with Crippen molar-refractivity contribution in [2.75, 3.05) is 5.32 Å². The number of fused-ring (bicyclic) bond motifs is 1. The van der Waals surface area contributed by atoms with Crippen LogP contribution in [0.2, 0.25) is 0 Å². The molecule has 0 heterocycles. The van der Waals surface area contributed by atoms with Crippen molar-refractivity contribution in [2.24, 2.45) is 0 Å². The van der Waals surface area contributed by atoms with Gasteiger partial charge in [0.2, 0.25) is 0 Å². The Bertz CT molecular complexity index is 1380. The number of allylic oxidation sites excluding steroid dienone is 1. The van der Waals surface area contributed by atoms with E-state index in [-0.39, 0.29) is 5.75 Å². The van der Waals surface area contributed by atoms with Gasteiger partial charge in [0, 0.05) is 11.5 Å². The van der Waals surface area contributed by atoms with Gasteiger partial charge in [-0.15, -0.1) is 0 Å². The summed E-state index contributed by atoms with van der Waals surface area (Å²) in [7, 11) is 0. The minimum Gasteiger partial charge on any atom is -0.508 e. The fraction of sp³-hybridized carbons (Fsp3) is 0.133. The fourth-order valence-electron chi connectivity index (χ4n) is 4.05. The number of amides is 2. The standard InChI is InChI=1S/C30H28N2O6/c33-23-19-17-22(18-20-23)29(38-30(35)31-26-14-8-10-21-9-4-5-13-25(21)26)27(15-6-7-16-28(34)32-36)37-24-11-2-1-3-12-24/h1-5,7-14,16-20,27,29,33,36H,6,15H2,(H,31,35)(H,32,34)/b16-7+/t27-,29-/m1/s1. The van der Waals surface area contributed by atoms with Crippen LogP contribution in [0.3, 0.4) is 0 Å². The maximum absolute atomic E-state index is 13.2. The first-order valence-corrected chi connectivity index (χ1v) is 12.1. The highest BCUT2D eigenvalue weighted by Crippen LogP contribution is 2.31. The van der Waals surface area contributed by atoms with Crippen LogP contribution in [0.4, 0.5) is 10.5 Å². The van der Waals surface area contributed by atoms with Gasteiger partial charge in [-0.05, 0) is 54.1 Å². The molecular formula is C30H28N2O6. The Morgan fingerprint density at radius 1 is 0.868 bits per heavy atom. The van der Waals surface area contributed by atoms with Crippen molar-refractivity contribution in [1.29, 1.82) is 0 Å². The van der Waals surface area contributed by atoms with Crippen LogP contribution in [0, 0.1) is 0 Å². The molecule has 2 amide bonds. The predicted molar refractivity (Wildman–Crippen MR) is 144 cm³/mol. The molecule has 0 aliphatic rings. The molecule has 0 bridgehead atoms. The summed E-state index contributed by atoms with van der Waals surface area (Å²) in [6.45, 7) is 0. The molecule has 0 saturated heterocycles. The number of carbonyl (C=O) groups is 2. The largest absolute Gasteiger partial charge is 0.508 e. The summed E-state index contributed by atoms with van der Waals surface area (Å²) in [6, 6.07) is 28.8. The monoisotopic (exact) mass is 512 g/mol. The van der Waals surface area contributed by atoms with Gasteiger partial charge in [0.15, 0.2) is 6.10 Å². The zero-order valence-electron chi connectivity index (χ0n) is 20.5. The lowest BCUT2D eigenvalue weighted by atomic mass is 10.00. The first-order valence-electron chi connectivity index (χ1n) is 12.1. The first kappa shape index (κ1) is 26.2. The normalized spacial score (nSPS) is 12.6. The van der Waals surface area contributed by atoms with E-state index in [1.54, 1.807) is 41.9 Å². The molecule has 0 spiro atoms. The van der Waals surface area contributed by atoms with Crippen molar-refractivity contribution >= 4 is 28.5 Å². The van der Waals surface area contributed by atoms with Gasteiger partial charge >= 0.3 is 6.09 Å². The van der Waals surface area contributed by atoms with Crippen molar-refractivity contribution in [3.63, 3.8) is 0 Å². The molecule has 38 heavy (non-hydrogen) atoms. The third-order valence-electron chi connectivity index (χ3n) is 5.85. The molecule has 0 saturated carbocycles. The Balaban J connectivity index is 1.61. The highest BCUT2D eigenvalue weighted by Gasteiger charge is 2.29. The van der Waals surface area contributed by atoms with Crippen molar-refractivity contribution in [1.82, 2.24) is 5.48 Å². The Morgan fingerprint density at radius 2 is 1.58 bits per heavy atom. The van der Waals surface area contributed by atoms with Crippen LogP contribution >= 0.6 is 0 Å². The zero-order valence-corrected chi connectivity index (χ0v) is 20.5. The molecule has 4 N–H and O–H groups in total. The van der Waals surface area contributed by atoms with Crippen LogP contribution < -0.4 is 15.5 Å². The van der Waals surface area contributed by atoms with Gasteiger partial charge in [0.05, 0.1) is 5.69 Å². The van der Waals surface area contributed by atoms with Gasteiger partial charge in [-0.3, -0.25) is 15.3 Å². The lowest BCUT2D eigenvalue weighted by Gasteiger charge is -2.28. The van der Waals surface area contributed by atoms with E-state index in [2.05, 4.69) is 5.32 Å². The predicted octanol–water partition coefficient (Wildman–Crippen LogP) is 6.12. The molecule has 0 fully saturated rings. The highest BCUT2D eigenvalue weighted by molar-refractivity contribution is 6.00. The number of carbonyl (C=O) groups excluding carboxylic acids is 2.